The molecule has 0 bridgehead atoms. The van der Waals surface area contributed by atoms with Gasteiger partial charge in [0.15, 0.2) is 6.61 Å². The lowest BCUT2D eigenvalue weighted by atomic mass is 10.3. The molecule has 0 aliphatic carbocycles. The van der Waals surface area contributed by atoms with Gasteiger partial charge in [-0.1, -0.05) is 0 Å². The van der Waals surface area contributed by atoms with Crippen LogP contribution in [0.25, 0.3) is 0 Å². The van der Waals surface area contributed by atoms with Crippen LogP contribution in [0.5, 0.6) is 0 Å². The predicted molar refractivity (Wildman–Crippen MR) is 41.2 cm³/mol. The van der Waals surface area contributed by atoms with Gasteiger partial charge in [0.1, 0.15) is 6.54 Å². The SMILES string of the molecule is CC(N)CN1CC(=O)OCC1=O. The zero-order valence-electron chi connectivity index (χ0n) is 6.95. The Morgan fingerprint density at radius 2 is 2.33 bits per heavy atom. The summed E-state index contributed by atoms with van der Waals surface area (Å²) in [6, 6.07) is -0.111. The van der Waals surface area contributed by atoms with E-state index in [1.807, 2.05) is 0 Å². The van der Waals surface area contributed by atoms with Gasteiger partial charge in [0.2, 0.25) is 0 Å². The van der Waals surface area contributed by atoms with Crippen molar-refractivity contribution in [1.82, 2.24) is 4.90 Å². The highest BCUT2D eigenvalue weighted by Gasteiger charge is 2.24. The number of carbonyl (C=O) groups excluding carboxylic acids is 2. The van der Waals surface area contributed by atoms with Gasteiger partial charge < -0.3 is 15.4 Å². The molecule has 12 heavy (non-hydrogen) atoms. The molecular formula is C7H12N2O3. The summed E-state index contributed by atoms with van der Waals surface area (Å²) in [4.78, 5) is 23.2. The molecule has 1 aliphatic heterocycles. The minimum atomic E-state index is -0.366. The Morgan fingerprint density at radius 3 is 2.92 bits per heavy atom. The predicted octanol–water partition coefficient (Wildman–Crippen LogP) is -1.28. The van der Waals surface area contributed by atoms with Crippen LogP contribution < -0.4 is 5.73 Å². The Labute approximate surface area is 70.5 Å². The van der Waals surface area contributed by atoms with Crippen LogP contribution in [0.1, 0.15) is 6.92 Å². The summed E-state index contributed by atoms with van der Waals surface area (Å²) < 4.78 is 4.53. The van der Waals surface area contributed by atoms with Crippen LogP contribution >= 0.6 is 0 Å². The number of carbonyl (C=O) groups is 2. The topological polar surface area (TPSA) is 72.6 Å². The van der Waals surface area contributed by atoms with Crippen molar-refractivity contribution in [3.05, 3.63) is 0 Å². The third kappa shape index (κ3) is 2.20. The fourth-order valence-corrected chi connectivity index (χ4v) is 1.04. The van der Waals surface area contributed by atoms with Crippen molar-refractivity contribution in [3.8, 4) is 0 Å². The number of nitrogens with two attached hydrogens (primary N) is 1. The van der Waals surface area contributed by atoms with E-state index in [0.717, 1.165) is 0 Å². The summed E-state index contributed by atoms with van der Waals surface area (Å²) in [5, 5.41) is 0. The van der Waals surface area contributed by atoms with Crippen molar-refractivity contribution >= 4 is 11.9 Å². The fraction of sp³-hybridized carbons (Fsp3) is 0.714. The first-order chi connectivity index (χ1) is 5.59. The Bertz CT molecular complexity index is 203. The molecule has 5 heteroatoms. The molecule has 1 rings (SSSR count). The lowest BCUT2D eigenvalue weighted by Gasteiger charge is -2.26. The fourth-order valence-electron chi connectivity index (χ4n) is 1.04. The van der Waals surface area contributed by atoms with Crippen LogP contribution in [0, 0.1) is 0 Å². The summed E-state index contributed by atoms with van der Waals surface area (Å²) >= 11 is 0. The third-order valence-electron chi connectivity index (χ3n) is 1.54. The quantitative estimate of drug-likeness (QED) is 0.526. The van der Waals surface area contributed by atoms with E-state index in [0.29, 0.717) is 6.54 Å². The molecule has 1 atom stereocenters. The summed E-state index contributed by atoms with van der Waals surface area (Å²) in [5.41, 5.74) is 5.48. The first-order valence-electron chi connectivity index (χ1n) is 3.78. The smallest absolute Gasteiger partial charge is 0.326 e. The van der Waals surface area contributed by atoms with Gasteiger partial charge in [-0.15, -0.1) is 0 Å². The molecule has 1 fully saturated rings. The number of cyclic esters (lactones) is 1. The van der Waals surface area contributed by atoms with E-state index in [1.165, 1.54) is 4.90 Å². The summed E-state index contributed by atoms with van der Waals surface area (Å²) in [6.45, 7) is 2.08. The van der Waals surface area contributed by atoms with Crippen molar-refractivity contribution in [3.63, 3.8) is 0 Å². The number of esters is 1. The molecule has 68 valence electrons. The molecule has 0 saturated carbocycles. The monoisotopic (exact) mass is 172 g/mol. The first kappa shape index (κ1) is 8.99. The lowest BCUT2D eigenvalue weighted by Crippen LogP contribution is -2.48. The summed E-state index contributed by atoms with van der Waals surface area (Å²) in [5.74, 6) is -0.540. The number of ether oxygens (including phenoxy) is 1. The molecule has 0 spiro atoms. The van der Waals surface area contributed by atoms with Crippen molar-refractivity contribution in [2.75, 3.05) is 19.7 Å². The maximum absolute atomic E-state index is 11.1. The van der Waals surface area contributed by atoms with Crippen LogP contribution in [-0.4, -0.2) is 42.5 Å². The molecule has 1 aliphatic rings. The van der Waals surface area contributed by atoms with Crippen LogP contribution in [0.2, 0.25) is 0 Å². The number of rotatable bonds is 2. The lowest BCUT2D eigenvalue weighted by molar-refractivity contribution is -0.162. The molecule has 0 aromatic carbocycles. The van der Waals surface area contributed by atoms with E-state index in [9.17, 15) is 9.59 Å². The van der Waals surface area contributed by atoms with E-state index in [1.54, 1.807) is 6.92 Å². The third-order valence-corrected chi connectivity index (χ3v) is 1.54. The summed E-state index contributed by atoms with van der Waals surface area (Å²) in [6.07, 6.45) is 0. The van der Waals surface area contributed by atoms with Crippen molar-refractivity contribution in [2.24, 2.45) is 5.73 Å². The molecular weight excluding hydrogens is 160 g/mol. The van der Waals surface area contributed by atoms with Crippen LogP contribution in [0.4, 0.5) is 0 Å². The van der Waals surface area contributed by atoms with E-state index >= 15 is 0 Å². The molecule has 1 unspecified atom stereocenters. The van der Waals surface area contributed by atoms with Gasteiger partial charge in [0, 0.05) is 12.6 Å². The van der Waals surface area contributed by atoms with E-state index < -0.39 is 0 Å². The molecule has 0 aromatic rings. The van der Waals surface area contributed by atoms with E-state index in [2.05, 4.69) is 4.74 Å². The van der Waals surface area contributed by atoms with Gasteiger partial charge >= 0.3 is 5.97 Å². The average molecular weight is 172 g/mol. The maximum Gasteiger partial charge on any atom is 0.326 e. The van der Waals surface area contributed by atoms with Crippen LogP contribution in [0.15, 0.2) is 0 Å². The number of amides is 1. The van der Waals surface area contributed by atoms with E-state index in [4.69, 9.17) is 5.73 Å². The van der Waals surface area contributed by atoms with Gasteiger partial charge in [0.05, 0.1) is 0 Å². The minimum absolute atomic E-state index is 0.0281. The first-order valence-corrected chi connectivity index (χ1v) is 3.78. The maximum atomic E-state index is 11.1. The zero-order chi connectivity index (χ0) is 9.14. The van der Waals surface area contributed by atoms with Gasteiger partial charge in [-0.25, -0.2) is 0 Å². The normalized spacial score (nSPS) is 20.7. The largest absolute Gasteiger partial charge is 0.454 e. The number of morpholine rings is 1. The molecule has 5 nitrogen and oxygen atoms in total. The number of hydrogen-bond donors (Lipinski definition) is 1. The van der Waals surface area contributed by atoms with Crippen molar-refractivity contribution < 1.29 is 14.3 Å². The van der Waals surface area contributed by atoms with Crippen LogP contribution in [-0.2, 0) is 14.3 Å². The van der Waals surface area contributed by atoms with Gasteiger partial charge in [0.25, 0.3) is 5.91 Å². The Kier molecular flexibility index (Phi) is 2.65. The molecule has 0 radical (unpaired) electrons. The number of nitrogens with zero attached hydrogens (tertiary/aromatic N) is 1. The standard InChI is InChI=1S/C7H12N2O3/c1-5(8)2-9-3-7(11)12-4-6(9)10/h5H,2-4,8H2,1H3. The van der Waals surface area contributed by atoms with Gasteiger partial charge in [-0.2, -0.15) is 0 Å². The molecule has 0 aromatic heterocycles. The van der Waals surface area contributed by atoms with Gasteiger partial charge in [-0.05, 0) is 6.92 Å². The highest BCUT2D eigenvalue weighted by Crippen LogP contribution is 2.00. The minimum Gasteiger partial charge on any atom is -0.454 e. The van der Waals surface area contributed by atoms with Crippen molar-refractivity contribution in [2.45, 2.75) is 13.0 Å². The zero-order valence-corrected chi connectivity index (χ0v) is 6.95. The van der Waals surface area contributed by atoms with E-state index in [-0.39, 0.29) is 31.1 Å². The molecule has 1 saturated heterocycles. The molecule has 1 amide bonds. The van der Waals surface area contributed by atoms with Crippen molar-refractivity contribution in [1.29, 1.82) is 0 Å². The second kappa shape index (κ2) is 3.53. The summed E-state index contributed by atoms with van der Waals surface area (Å²) in [7, 11) is 0. The Hall–Kier alpha value is -1.10. The highest BCUT2D eigenvalue weighted by molar-refractivity contribution is 5.88. The highest BCUT2D eigenvalue weighted by atomic mass is 16.5. The molecule has 2 N–H and O–H groups in total. The number of hydrogen-bond acceptors (Lipinski definition) is 4. The molecule has 1 heterocycles. The Balaban J connectivity index is 2.49. The van der Waals surface area contributed by atoms with Crippen LogP contribution in [0.3, 0.4) is 0 Å². The Morgan fingerprint density at radius 1 is 1.67 bits per heavy atom. The average Bonchev–Trinajstić information content (AvgIpc) is 1.96. The second-order valence-corrected chi connectivity index (χ2v) is 2.91. The van der Waals surface area contributed by atoms with Gasteiger partial charge in [-0.3, -0.25) is 9.59 Å². The second-order valence-electron chi connectivity index (χ2n) is 2.91.